The third-order valence-electron chi connectivity index (χ3n) is 2.16. The second-order valence-electron chi connectivity index (χ2n) is 3.71. The summed E-state index contributed by atoms with van der Waals surface area (Å²) in [5, 5.41) is 16.7. The van der Waals surface area contributed by atoms with Crippen LogP contribution in [0.15, 0.2) is 0 Å². The quantitative estimate of drug-likeness (QED) is 0.260. The van der Waals surface area contributed by atoms with E-state index in [1.54, 1.807) is 19.1 Å². The molecule has 0 saturated carbocycles. The Kier molecular flexibility index (Phi) is 9.84. The number of hydrogen-bond acceptors (Lipinski definition) is 8. The van der Waals surface area contributed by atoms with Gasteiger partial charge in [-0.15, -0.1) is 0 Å². The molecule has 0 aromatic carbocycles. The summed E-state index contributed by atoms with van der Waals surface area (Å²) in [4.78, 5) is 34.8. The Hall–Kier alpha value is -2.61. The van der Waals surface area contributed by atoms with Crippen LogP contribution in [0.4, 0.5) is 0 Å². The van der Waals surface area contributed by atoms with Crippen LogP contribution in [0.3, 0.4) is 0 Å². The first-order valence-electron chi connectivity index (χ1n) is 6.29. The zero-order valence-electron chi connectivity index (χ0n) is 11.7. The average molecular weight is 296 g/mol. The van der Waals surface area contributed by atoms with Crippen LogP contribution in [0.2, 0.25) is 0 Å². The predicted octanol–water partition coefficient (Wildman–Crippen LogP) is 0.470. The van der Waals surface area contributed by atoms with E-state index >= 15 is 0 Å². The summed E-state index contributed by atoms with van der Waals surface area (Å²) in [7, 11) is 0. The van der Waals surface area contributed by atoms with Gasteiger partial charge in [-0.1, -0.05) is 0 Å². The zero-order chi connectivity index (χ0) is 16.1. The largest absolute Gasteiger partial charge is 0.466 e. The standard InChI is InChI=1S/C13H16N2O6/c1-2-19-11(16)9-10(12(17)20-7-3-5-14)13(18)21-8-4-6-15/h10H,2-4,7-9H2,1H3. The van der Waals surface area contributed by atoms with E-state index in [-0.39, 0.29) is 32.7 Å². The summed E-state index contributed by atoms with van der Waals surface area (Å²) in [6.07, 6.45) is -0.562. The lowest BCUT2D eigenvalue weighted by Gasteiger charge is -2.13. The van der Waals surface area contributed by atoms with Crippen LogP contribution in [0.5, 0.6) is 0 Å². The Morgan fingerprint density at radius 1 is 0.952 bits per heavy atom. The van der Waals surface area contributed by atoms with Gasteiger partial charge < -0.3 is 14.2 Å². The van der Waals surface area contributed by atoms with Crippen molar-refractivity contribution in [3.63, 3.8) is 0 Å². The van der Waals surface area contributed by atoms with Gasteiger partial charge in [0.15, 0.2) is 5.92 Å². The monoisotopic (exact) mass is 296 g/mol. The molecule has 8 heteroatoms. The van der Waals surface area contributed by atoms with Gasteiger partial charge in [-0.3, -0.25) is 14.4 Å². The zero-order valence-corrected chi connectivity index (χ0v) is 11.7. The van der Waals surface area contributed by atoms with Crippen molar-refractivity contribution in [3.05, 3.63) is 0 Å². The maximum absolute atomic E-state index is 11.7. The lowest BCUT2D eigenvalue weighted by atomic mass is 10.1. The van der Waals surface area contributed by atoms with Crippen LogP contribution in [0.1, 0.15) is 26.2 Å². The van der Waals surface area contributed by atoms with E-state index in [0.29, 0.717) is 0 Å². The van der Waals surface area contributed by atoms with E-state index in [9.17, 15) is 14.4 Å². The highest BCUT2D eigenvalue weighted by atomic mass is 16.6. The molecule has 0 aromatic rings. The van der Waals surface area contributed by atoms with Crippen LogP contribution in [0.25, 0.3) is 0 Å². The van der Waals surface area contributed by atoms with E-state index in [4.69, 9.17) is 20.0 Å². The Morgan fingerprint density at radius 2 is 1.43 bits per heavy atom. The predicted molar refractivity (Wildman–Crippen MR) is 67.1 cm³/mol. The number of rotatable bonds is 9. The maximum Gasteiger partial charge on any atom is 0.320 e. The fourth-order valence-electron chi connectivity index (χ4n) is 1.25. The summed E-state index contributed by atoms with van der Waals surface area (Å²) in [5.41, 5.74) is 0. The van der Waals surface area contributed by atoms with Crippen LogP contribution in [-0.4, -0.2) is 37.7 Å². The molecule has 0 aliphatic carbocycles. The number of esters is 3. The summed E-state index contributed by atoms with van der Waals surface area (Å²) < 4.78 is 14.1. The second-order valence-corrected chi connectivity index (χ2v) is 3.71. The molecule has 0 rings (SSSR count). The average Bonchev–Trinajstić information content (AvgIpc) is 2.45. The molecule has 0 heterocycles. The first-order valence-corrected chi connectivity index (χ1v) is 6.29. The molecule has 0 radical (unpaired) electrons. The number of carbonyl (C=O) groups excluding carboxylic acids is 3. The fraction of sp³-hybridized carbons (Fsp3) is 0.615. The third-order valence-corrected chi connectivity index (χ3v) is 2.16. The molecule has 0 aromatic heterocycles. The van der Waals surface area contributed by atoms with Crippen molar-refractivity contribution >= 4 is 17.9 Å². The molecule has 0 atom stereocenters. The lowest BCUT2D eigenvalue weighted by molar-refractivity contribution is -0.166. The number of carbonyl (C=O) groups is 3. The van der Waals surface area contributed by atoms with Crippen molar-refractivity contribution < 1.29 is 28.6 Å². The van der Waals surface area contributed by atoms with Crippen molar-refractivity contribution in [2.24, 2.45) is 5.92 Å². The van der Waals surface area contributed by atoms with Crippen LogP contribution >= 0.6 is 0 Å². The smallest absolute Gasteiger partial charge is 0.320 e. The van der Waals surface area contributed by atoms with Gasteiger partial charge in [-0.2, -0.15) is 10.5 Å². The van der Waals surface area contributed by atoms with Crippen LogP contribution in [-0.2, 0) is 28.6 Å². The second kappa shape index (κ2) is 11.2. The highest BCUT2D eigenvalue weighted by Gasteiger charge is 2.32. The minimum absolute atomic E-state index is 0.0264. The van der Waals surface area contributed by atoms with Gasteiger partial charge in [0.2, 0.25) is 0 Å². The molecule has 0 fully saturated rings. The Morgan fingerprint density at radius 3 is 1.81 bits per heavy atom. The molecule has 0 spiro atoms. The Labute approximate surface area is 122 Å². The number of ether oxygens (including phenoxy) is 3. The van der Waals surface area contributed by atoms with E-state index in [2.05, 4.69) is 4.74 Å². The van der Waals surface area contributed by atoms with Gasteiger partial charge in [0.05, 0.1) is 38.0 Å². The van der Waals surface area contributed by atoms with Crippen molar-refractivity contribution in [2.75, 3.05) is 19.8 Å². The topological polar surface area (TPSA) is 126 Å². The number of hydrogen-bond donors (Lipinski definition) is 0. The first kappa shape index (κ1) is 18.4. The van der Waals surface area contributed by atoms with E-state index in [1.807, 2.05) is 0 Å². The van der Waals surface area contributed by atoms with Gasteiger partial charge in [0.25, 0.3) is 0 Å². The molecule has 114 valence electrons. The van der Waals surface area contributed by atoms with Crippen molar-refractivity contribution in [2.45, 2.75) is 26.2 Å². The molecule has 0 bridgehead atoms. The molecular formula is C13H16N2O6. The summed E-state index contributed by atoms with van der Waals surface area (Å²) in [5.74, 6) is -4.11. The number of nitriles is 2. The van der Waals surface area contributed by atoms with Crippen LogP contribution in [0, 0.1) is 28.6 Å². The van der Waals surface area contributed by atoms with Crippen LogP contribution < -0.4 is 0 Å². The normalized spacial score (nSPS) is 9.33. The Balaban J connectivity index is 4.63. The summed E-state index contributed by atoms with van der Waals surface area (Å²) in [6, 6.07) is 3.55. The molecule has 0 amide bonds. The fourth-order valence-corrected chi connectivity index (χ4v) is 1.25. The van der Waals surface area contributed by atoms with E-state index in [0.717, 1.165) is 0 Å². The molecule has 0 unspecified atom stereocenters. The van der Waals surface area contributed by atoms with Crippen molar-refractivity contribution in [3.8, 4) is 12.1 Å². The van der Waals surface area contributed by atoms with Crippen molar-refractivity contribution in [1.29, 1.82) is 10.5 Å². The summed E-state index contributed by atoms with van der Waals surface area (Å²) >= 11 is 0. The molecule has 8 nitrogen and oxygen atoms in total. The molecule has 21 heavy (non-hydrogen) atoms. The van der Waals surface area contributed by atoms with Gasteiger partial charge in [-0.05, 0) is 6.92 Å². The van der Waals surface area contributed by atoms with Gasteiger partial charge in [-0.25, -0.2) is 0 Å². The summed E-state index contributed by atoms with van der Waals surface area (Å²) in [6.45, 7) is 1.34. The molecule has 0 saturated heterocycles. The lowest BCUT2D eigenvalue weighted by Crippen LogP contribution is -2.31. The first-order chi connectivity index (χ1) is 10.1. The molecular weight excluding hydrogens is 280 g/mol. The minimum atomic E-state index is -1.46. The maximum atomic E-state index is 11.7. The molecule has 0 aliphatic rings. The molecule has 0 aliphatic heterocycles. The van der Waals surface area contributed by atoms with E-state index in [1.165, 1.54) is 0 Å². The van der Waals surface area contributed by atoms with Gasteiger partial charge in [0, 0.05) is 0 Å². The highest BCUT2D eigenvalue weighted by molar-refractivity contribution is 5.98. The highest BCUT2D eigenvalue weighted by Crippen LogP contribution is 2.11. The Bertz CT molecular complexity index is 417. The van der Waals surface area contributed by atoms with E-state index < -0.39 is 30.2 Å². The molecule has 0 N–H and O–H groups in total. The third kappa shape index (κ3) is 8.22. The van der Waals surface area contributed by atoms with Gasteiger partial charge in [0.1, 0.15) is 13.2 Å². The van der Waals surface area contributed by atoms with Crippen molar-refractivity contribution in [1.82, 2.24) is 0 Å². The SMILES string of the molecule is CCOC(=O)CC(C(=O)OCCC#N)C(=O)OCCC#N. The number of nitrogens with zero attached hydrogens (tertiary/aromatic N) is 2. The minimum Gasteiger partial charge on any atom is -0.466 e. The van der Waals surface area contributed by atoms with Gasteiger partial charge >= 0.3 is 17.9 Å².